The molecule has 2 heterocycles. The Morgan fingerprint density at radius 2 is 2.04 bits per heavy atom. The average Bonchev–Trinajstić information content (AvgIpc) is 2.99. The van der Waals surface area contributed by atoms with Crippen molar-refractivity contribution in [3.8, 4) is 11.8 Å². The first kappa shape index (κ1) is 17.8. The quantitative estimate of drug-likeness (QED) is 0.679. The molecule has 1 aliphatic rings. The Labute approximate surface area is 132 Å². The van der Waals surface area contributed by atoms with E-state index in [1.807, 2.05) is 4.98 Å². The van der Waals surface area contributed by atoms with E-state index in [4.69, 9.17) is 9.47 Å². The molecule has 2 N–H and O–H groups in total. The molecule has 130 valence electrons. The van der Waals surface area contributed by atoms with Crippen molar-refractivity contribution in [2.24, 2.45) is 0 Å². The molecule has 0 saturated carbocycles. The van der Waals surface area contributed by atoms with Crippen LogP contribution in [-0.2, 0) is 20.8 Å². The van der Waals surface area contributed by atoms with E-state index in [1.165, 1.54) is 5.32 Å². The molecule has 1 aliphatic heterocycles. The van der Waals surface area contributed by atoms with Gasteiger partial charge in [0, 0.05) is 6.20 Å². The number of hydrogen-bond acceptors (Lipinski definition) is 5. The van der Waals surface area contributed by atoms with Crippen LogP contribution in [0.25, 0.3) is 0 Å². The van der Waals surface area contributed by atoms with Gasteiger partial charge < -0.3 is 14.8 Å². The van der Waals surface area contributed by atoms with Crippen molar-refractivity contribution in [2.45, 2.75) is 19.0 Å². The lowest BCUT2D eigenvalue weighted by atomic mass is 10.3. The fourth-order valence-corrected chi connectivity index (χ4v) is 1.77. The summed E-state index contributed by atoms with van der Waals surface area (Å²) in [6.45, 7) is 0.184. The highest BCUT2D eigenvalue weighted by atomic mass is 19.4. The van der Waals surface area contributed by atoms with Crippen molar-refractivity contribution >= 4 is 5.91 Å². The van der Waals surface area contributed by atoms with Gasteiger partial charge in [-0.1, -0.05) is 11.8 Å². The number of amides is 1. The fourth-order valence-electron chi connectivity index (χ4n) is 1.77. The van der Waals surface area contributed by atoms with Crippen LogP contribution in [0, 0.1) is 11.8 Å². The normalized spacial score (nSPS) is 15.0. The summed E-state index contributed by atoms with van der Waals surface area (Å²) in [5, 5.41) is 1.54. The number of carbonyl (C=O) groups is 1. The smallest absolute Gasteiger partial charge is 0.348 e. The number of nitrogens with zero attached hydrogens (tertiary/aromatic N) is 1. The van der Waals surface area contributed by atoms with Crippen LogP contribution in [0.5, 0.6) is 0 Å². The topological polar surface area (TPSA) is 102 Å². The molecule has 8 nitrogen and oxygen atoms in total. The minimum Gasteiger partial charge on any atom is -0.348 e. The van der Waals surface area contributed by atoms with Gasteiger partial charge in [0.1, 0.15) is 5.56 Å². The number of hydrogen-bond donors (Lipinski definition) is 2. The summed E-state index contributed by atoms with van der Waals surface area (Å²) in [6.07, 6.45) is -4.50. The predicted octanol–water partition coefficient (Wildman–Crippen LogP) is -1.06. The third-order valence-electron chi connectivity index (χ3n) is 2.87. The van der Waals surface area contributed by atoms with Gasteiger partial charge in [-0.3, -0.25) is 19.1 Å². The molecule has 0 aromatic carbocycles. The maximum atomic E-state index is 12.0. The Hall–Kier alpha value is -2.58. The molecule has 1 aromatic heterocycles. The second kappa shape index (κ2) is 7.33. The van der Waals surface area contributed by atoms with E-state index in [0.29, 0.717) is 13.2 Å². The lowest BCUT2D eigenvalue weighted by molar-refractivity contribution is -0.173. The second-order valence-corrected chi connectivity index (χ2v) is 4.61. The molecule has 11 heteroatoms. The lowest BCUT2D eigenvalue weighted by Crippen LogP contribution is -2.37. The molecule has 24 heavy (non-hydrogen) atoms. The van der Waals surface area contributed by atoms with Crippen molar-refractivity contribution in [2.75, 3.05) is 19.8 Å². The van der Waals surface area contributed by atoms with E-state index >= 15 is 0 Å². The minimum absolute atomic E-state index is 0.0229. The highest BCUT2D eigenvalue weighted by Gasteiger charge is 2.38. The predicted molar refractivity (Wildman–Crippen MR) is 73.0 cm³/mol. The molecule has 0 spiro atoms. The van der Waals surface area contributed by atoms with Crippen LogP contribution in [0.2, 0.25) is 0 Å². The van der Waals surface area contributed by atoms with Crippen molar-refractivity contribution in [3.63, 3.8) is 0 Å². The second-order valence-electron chi connectivity index (χ2n) is 4.61. The first-order valence-electron chi connectivity index (χ1n) is 6.68. The van der Waals surface area contributed by atoms with Crippen molar-refractivity contribution in [1.29, 1.82) is 0 Å². The molecular weight excluding hydrogens is 335 g/mol. The molecule has 1 fully saturated rings. The number of alkyl halides is 3. The van der Waals surface area contributed by atoms with Crippen LogP contribution in [-0.4, -0.2) is 47.7 Å². The fraction of sp³-hybridized carbons (Fsp3) is 0.462. The van der Waals surface area contributed by atoms with Crippen LogP contribution in [0.15, 0.2) is 15.8 Å². The first-order chi connectivity index (χ1) is 11.3. The van der Waals surface area contributed by atoms with Gasteiger partial charge in [-0.05, 0) is 0 Å². The van der Waals surface area contributed by atoms with Gasteiger partial charge in [0.2, 0.25) is 0 Å². The number of carbonyl (C=O) groups excluding carboxylic acids is 1. The molecule has 0 radical (unpaired) electrons. The highest BCUT2D eigenvalue weighted by molar-refractivity contribution is 5.81. The van der Waals surface area contributed by atoms with Crippen LogP contribution in [0.1, 0.15) is 5.56 Å². The van der Waals surface area contributed by atoms with Crippen LogP contribution < -0.4 is 16.6 Å². The third-order valence-corrected chi connectivity index (χ3v) is 2.87. The van der Waals surface area contributed by atoms with Crippen LogP contribution in [0.4, 0.5) is 13.2 Å². The van der Waals surface area contributed by atoms with Gasteiger partial charge in [-0.15, -0.1) is 0 Å². The maximum Gasteiger partial charge on any atom is 0.471 e. The summed E-state index contributed by atoms with van der Waals surface area (Å²) < 4.78 is 47.4. The summed E-state index contributed by atoms with van der Waals surface area (Å²) in [5.41, 5.74) is -1.64. The minimum atomic E-state index is -5.01. The van der Waals surface area contributed by atoms with Gasteiger partial charge in [-0.2, -0.15) is 13.2 Å². The van der Waals surface area contributed by atoms with Crippen molar-refractivity contribution < 1.29 is 27.4 Å². The van der Waals surface area contributed by atoms with E-state index in [9.17, 15) is 27.6 Å². The number of aromatic amines is 1. The Bertz CT molecular complexity index is 781. The van der Waals surface area contributed by atoms with E-state index in [2.05, 4.69) is 11.8 Å². The van der Waals surface area contributed by atoms with E-state index in [1.54, 1.807) is 0 Å². The zero-order chi connectivity index (χ0) is 17.7. The Kier molecular flexibility index (Phi) is 5.42. The summed E-state index contributed by atoms with van der Waals surface area (Å²) in [5.74, 6) is 2.37. The van der Waals surface area contributed by atoms with Crippen LogP contribution in [0.3, 0.4) is 0 Å². The molecule has 1 saturated heterocycles. The Morgan fingerprint density at radius 1 is 1.38 bits per heavy atom. The van der Waals surface area contributed by atoms with E-state index in [-0.39, 0.29) is 12.1 Å². The monoisotopic (exact) mass is 347 g/mol. The maximum absolute atomic E-state index is 12.0. The molecule has 0 atom stereocenters. The summed E-state index contributed by atoms with van der Waals surface area (Å²) in [7, 11) is 0. The van der Waals surface area contributed by atoms with Gasteiger partial charge in [0.15, 0.2) is 6.29 Å². The number of rotatable bonds is 3. The van der Waals surface area contributed by atoms with Crippen molar-refractivity contribution in [1.82, 2.24) is 14.9 Å². The summed E-state index contributed by atoms with van der Waals surface area (Å²) in [6, 6.07) is 0. The summed E-state index contributed by atoms with van der Waals surface area (Å²) in [4.78, 5) is 35.9. The first-order valence-corrected chi connectivity index (χ1v) is 6.68. The lowest BCUT2D eigenvalue weighted by Gasteiger charge is -2.10. The Morgan fingerprint density at radius 3 is 2.67 bits per heavy atom. The number of H-pyrrole nitrogens is 1. The van der Waals surface area contributed by atoms with Gasteiger partial charge in [-0.25, -0.2) is 4.79 Å². The standard InChI is InChI=1S/C13H12F3N3O5/c14-13(15,16)11(21)17-3-1-2-8-6-19(12(22)18-10(8)20)7-9-23-4-5-24-9/h6,9H,3-5,7H2,(H,17,21)(H,18,20,22). The van der Waals surface area contributed by atoms with Gasteiger partial charge in [0.25, 0.3) is 5.56 Å². The van der Waals surface area contributed by atoms with Crippen LogP contribution >= 0.6 is 0 Å². The molecule has 2 rings (SSSR count). The molecule has 0 bridgehead atoms. The number of nitrogens with one attached hydrogen (secondary N) is 2. The third kappa shape index (κ3) is 4.71. The highest BCUT2D eigenvalue weighted by Crippen LogP contribution is 2.13. The number of aromatic nitrogens is 2. The molecule has 0 unspecified atom stereocenters. The summed E-state index contributed by atoms with van der Waals surface area (Å²) >= 11 is 0. The molecular formula is C13H12F3N3O5. The number of ether oxygens (including phenoxy) is 2. The van der Waals surface area contributed by atoms with Crippen molar-refractivity contribution in [3.05, 3.63) is 32.6 Å². The molecule has 1 aromatic rings. The zero-order valence-electron chi connectivity index (χ0n) is 12.1. The number of halogens is 3. The Balaban J connectivity index is 2.07. The SMILES string of the molecule is O=C(NCC#Cc1cn(CC2OCCO2)c(=O)[nH]c1=O)C(F)(F)F. The average molecular weight is 347 g/mol. The molecule has 0 aliphatic carbocycles. The zero-order valence-corrected chi connectivity index (χ0v) is 12.1. The van der Waals surface area contributed by atoms with Gasteiger partial charge in [0.05, 0.1) is 26.3 Å². The largest absolute Gasteiger partial charge is 0.471 e. The molecule has 1 amide bonds. The van der Waals surface area contributed by atoms with E-state index in [0.717, 1.165) is 10.8 Å². The van der Waals surface area contributed by atoms with Gasteiger partial charge >= 0.3 is 17.8 Å². The van der Waals surface area contributed by atoms with E-state index < -0.39 is 36.2 Å².